The monoisotopic (exact) mass is 328 g/mol. The quantitative estimate of drug-likeness (QED) is 0.634. The van der Waals surface area contributed by atoms with Crippen LogP contribution in [0.5, 0.6) is 0 Å². The normalized spacial score (nSPS) is 23.5. The topological polar surface area (TPSA) is 73.4 Å². The number of rotatable bonds is 4. The molecule has 0 N–H and O–H groups in total. The Labute approximate surface area is 140 Å². The Morgan fingerprint density at radius 3 is 3.04 bits per heavy atom. The minimum atomic E-state index is -0.414. The van der Waals surface area contributed by atoms with Crippen molar-refractivity contribution in [2.75, 3.05) is 26.2 Å². The van der Waals surface area contributed by atoms with Gasteiger partial charge < -0.3 is 4.74 Å². The molecule has 24 heavy (non-hydrogen) atoms. The summed E-state index contributed by atoms with van der Waals surface area (Å²) in [4.78, 5) is 12.7. The zero-order valence-electron chi connectivity index (χ0n) is 13.4. The lowest BCUT2D eigenvalue weighted by Crippen LogP contribution is -2.49. The van der Waals surface area contributed by atoms with Crippen molar-refractivity contribution in [1.82, 2.24) is 14.7 Å². The van der Waals surface area contributed by atoms with Gasteiger partial charge in [-0.2, -0.15) is 5.10 Å². The Bertz CT molecular complexity index is 756. The second kappa shape index (κ2) is 5.99. The fourth-order valence-corrected chi connectivity index (χ4v) is 3.83. The van der Waals surface area contributed by atoms with Gasteiger partial charge in [0.15, 0.2) is 0 Å². The number of benzene rings is 1. The molecule has 0 radical (unpaired) electrons. The van der Waals surface area contributed by atoms with E-state index in [1.165, 1.54) is 23.5 Å². The molecule has 2 aliphatic rings. The van der Waals surface area contributed by atoms with Gasteiger partial charge in [0.2, 0.25) is 0 Å². The molecule has 1 aliphatic carbocycles. The van der Waals surface area contributed by atoms with Gasteiger partial charge in [0, 0.05) is 19.6 Å². The summed E-state index contributed by atoms with van der Waals surface area (Å²) in [6, 6.07) is 8.54. The molecule has 1 aromatic heterocycles. The second-order valence-electron chi connectivity index (χ2n) is 6.49. The molecule has 7 nitrogen and oxygen atoms in total. The standard InChI is InChI=1S/C17H20N4O3/c22-21(23)15-11-18-20(12-15)8-7-19-9-10-24-17(13-19)6-5-14-3-1-2-4-16(14)17/h1-4,11-12H,5-10,13H2. The van der Waals surface area contributed by atoms with Crippen molar-refractivity contribution in [3.8, 4) is 0 Å². The smallest absolute Gasteiger partial charge is 0.306 e. The zero-order chi connectivity index (χ0) is 16.6. The van der Waals surface area contributed by atoms with Crippen molar-refractivity contribution in [2.24, 2.45) is 0 Å². The van der Waals surface area contributed by atoms with E-state index in [1.807, 2.05) is 0 Å². The van der Waals surface area contributed by atoms with E-state index < -0.39 is 4.92 Å². The Morgan fingerprint density at radius 1 is 1.33 bits per heavy atom. The summed E-state index contributed by atoms with van der Waals surface area (Å²) in [5, 5.41) is 14.8. The predicted molar refractivity (Wildman–Crippen MR) is 87.7 cm³/mol. The molecule has 1 aliphatic heterocycles. The van der Waals surface area contributed by atoms with Gasteiger partial charge in [-0.3, -0.25) is 19.7 Å². The molecule has 0 saturated carbocycles. The maximum absolute atomic E-state index is 10.7. The molecule has 1 saturated heterocycles. The molecule has 1 atom stereocenters. The highest BCUT2D eigenvalue weighted by Crippen LogP contribution is 2.42. The molecule has 126 valence electrons. The summed E-state index contributed by atoms with van der Waals surface area (Å²) in [6.07, 6.45) is 4.88. The minimum absolute atomic E-state index is 0.0400. The number of nitro groups is 1. The van der Waals surface area contributed by atoms with Gasteiger partial charge >= 0.3 is 5.69 Å². The molecule has 2 heterocycles. The molecule has 1 fully saturated rings. The van der Waals surface area contributed by atoms with Crippen LogP contribution in [-0.2, 0) is 23.3 Å². The molecule has 0 amide bonds. The van der Waals surface area contributed by atoms with Crippen molar-refractivity contribution in [1.29, 1.82) is 0 Å². The molecular formula is C17H20N4O3. The molecule has 4 rings (SSSR count). The summed E-state index contributed by atoms with van der Waals surface area (Å²) in [5.41, 5.74) is 2.56. The summed E-state index contributed by atoms with van der Waals surface area (Å²) in [5.74, 6) is 0. The summed E-state index contributed by atoms with van der Waals surface area (Å²) < 4.78 is 7.86. The van der Waals surface area contributed by atoms with Crippen LogP contribution in [0, 0.1) is 10.1 Å². The molecule has 1 unspecified atom stereocenters. The van der Waals surface area contributed by atoms with Crippen LogP contribution in [0.4, 0.5) is 5.69 Å². The highest BCUT2D eigenvalue weighted by molar-refractivity contribution is 5.38. The first-order valence-corrected chi connectivity index (χ1v) is 8.28. The summed E-state index contributed by atoms with van der Waals surface area (Å²) in [6.45, 7) is 3.92. The van der Waals surface area contributed by atoms with Crippen LogP contribution >= 0.6 is 0 Å². The Morgan fingerprint density at radius 2 is 2.21 bits per heavy atom. The maximum Gasteiger partial charge on any atom is 0.306 e. The van der Waals surface area contributed by atoms with Gasteiger partial charge in [-0.1, -0.05) is 24.3 Å². The lowest BCUT2D eigenvalue weighted by molar-refractivity contribution is -0.385. The third-order valence-electron chi connectivity index (χ3n) is 5.05. The molecule has 0 bridgehead atoms. The highest BCUT2D eigenvalue weighted by Gasteiger charge is 2.42. The van der Waals surface area contributed by atoms with Crippen molar-refractivity contribution in [3.63, 3.8) is 0 Å². The Balaban J connectivity index is 1.43. The van der Waals surface area contributed by atoms with Gasteiger partial charge in [-0.15, -0.1) is 0 Å². The van der Waals surface area contributed by atoms with E-state index in [-0.39, 0.29) is 11.3 Å². The lowest BCUT2D eigenvalue weighted by atomic mass is 9.93. The van der Waals surface area contributed by atoms with Crippen LogP contribution < -0.4 is 0 Å². The maximum atomic E-state index is 10.7. The van der Waals surface area contributed by atoms with E-state index >= 15 is 0 Å². The van der Waals surface area contributed by atoms with Crippen molar-refractivity contribution < 1.29 is 9.66 Å². The summed E-state index contributed by atoms with van der Waals surface area (Å²) in [7, 11) is 0. The number of ether oxygens (including phenoxy) is 1. The minimum Gasteiger partial charge on any atom is -0.368 e. The van der Waals surface area contributed by atoms with Crippen LogP contribution in [0.25, 0.3) is 0 Å². The van der Waals surface area contributed by atoms with E-state index in [0.29, 0.717) is 13.2 Å². The number of nitrogens with zero attached hydrogens (tertiary/aromatic N) is 4. The summed E-state index contributed by atoms with van der Waals surface area (Å²) >= 11 is 0. The van der Waals surface area contributed by atoms with E-state index in [0.717, 1.165) is 32.5 Å². The fraction of sp³-hybridized carbons (Fsp3) is 0.471. The highest BCUT2D eigenvalue weighted by atomic mass is 16.6. The van der Waals surface area contributed by atoms with Crippen molar-refractivity contribution >= 4 is 5.69 Å². The molecular weight excluding hydrogens is 308 g/mol. The Hall–Kier alpha value is -2.25. The molecule has 2 aromatic rings. The van der Waals surface area contributed by atoms with Gasteiger partial charge in [-0.25, -0.2) is 0 Å². The van der Waals surface area contributed by atoms with E-state index in [9.17, 15) is 10.1 Å². The molecule has 1 aromatic carbocycles. The predicted octanol–water partition coefficient (Wildman–Crippen LogP) is 1.97. The largest absolute Gasteiger partial charge is 0.368 e. The first-order chi connectivity index (χ1) is 11.7. The third-order valence-corrected chi connectivity index (χ3v) is 5.05. The second-order valence-corrected chi connectivity index (χ2v) is 6.49. The molecule has 1 spiro atoms. The first kappa shape index (κ1) is 15.3. The van der Waals surface area contributed by atoms with Crippen molar-refractivity contribution in [3.05, 3.63) is 57.9 Å². The van der Waals surface area contributed by atoms with Gasteiger partial charge in [0.05, 0.1) is 18.1 Å². The SMILES string of the molecule is O=[N+]([O-])c1cnn(CCN2CCOC3(CCc4ccccc43)C2)c1. The van der Waals surface area contributed by atoms with Crippen LogP contribution in [-0.4, -0.2) is 45.8 Å². The number of aryl methyl sites for hydroxylation is 1. The van der Waals surface area contributed by atoms with E-state index in [1.54, 1.807) is 4.68 Å². The number of hydrogen-bond acceptors (Lipinski definition) is 5. The van der Waals surface area contributed by atoms with Crippen LogP contribution in [0.3, 0.4) is 0 Å². The van der Waals surface area contributed by atoms with Gasteiger partial charge in [0.25, 0.3) is 0 Å². The van der Waals surface area contributed by atoms with Crippen LogP contribution in [0.2, 0.25) is 0 Å². The zero-order valence-corrected chi connectivity index (χ0v) is 13.4. The average Bonchev–Trinajstić information content (AvgIpc) is 3.20. The van der Waals surface area contributed by atoms with Gasteiger partial charge in [0.1, 0.15) is 18.0 Å². The number of aromatic nitrogens is 2. The number of morpholine rings is 1. The van der Waals surface area contributed by atoms with Gasteiger partial charge in [-0.05, 0) is 24.0 Å². The Kier molecular flexibility index (Phi) is 3.82. The van der Waals surface area contributed by atoms with Crippen LogP contribution in [0.15, 0.2) is 36.7 Å². The van der Waals surface area contributed by atoms with E-state index in [4.69, 9.17) is 4.74 Å². The average molecular weight is 328 g/mol. The van der Waals surface area contributed by atoms with E-state index in [2.05, 4.69) is 34.3 Å². The third kappa shape index (κ3) is 2.70. The molecule has 7 heteroatoms. The van der Waals surface area contributed by atoms with Crippen LogP contribution in [0.1, 0.15) is 17.5 Å². The fourth-order valence-electron chi connectivity index (χ4n) is 3.83. The van der Waals surface area contributed by atoms with Crippen molar-refractivity contribution in [2.45, 2.75) is 25.0 Å². The first-order valence-electron chi connectivity index (χ1n) is 8.28. The number of fused-ring (bicyclic) bond motifs is 2. The lowest BCUT2D eigenvalue weighted by Gasteiger charge is -2.41. The number of hydrogen-bond donors (Lipinski definition) is 0.